The second kappa shape index (κ2) is 6.69. The van der Waals surface area contributed by atoms with Gasteiger partial charge in [0, 0.05) is 31.1 Å². The van der Waals surface area contributed by atoms with Crippen LogP contribution in [0.1, 0.15) is 32.3 Å². The SMILES string of the molecule is CC1(C)Cc2cccc(OCC(=O)N3CC4CCC(N)C4C3)c2O1.Cl. The Balaban J connectivity index is 0.00000182. The number of carbonyl (C=O) groups excluding carboxylic acids is 1. The molecule has 2 N–H and O–H groups in total. The van der Waals surface area contributed by atoms with Gasteiger partial charge >= 0.3 is 0 Å². The summed E-state index contributed by atoms with van der Waals surface area (Å²) in [5.41, 5.74) is 7.08. The van der Waals surface area contributed by atoms with Crippen LogP contribution in [0.5, 0.6) is 11.5 Å². The molecule has 1 aromatic rings. The van der Waals surface area contributed by atoms with Crippen molar-refractivity contribution in [2.24, 2.45) is 17.6 Å². The number of amides is 1. The lowest BCUT2D eigenvalue weighted by Crippen LogP contribution is -2.36. The van der Waals surface area contributed by atoms with E-state index in [4.69, 9.17) is 15.2 Å². The summed E-state index contributed by atoms with van der Waals surface area (Å²) in [5.74, 6) is 2.55. The van der Waals surface area contributed by atoms with Gasteiger partial charge in [-0.15, -0.1) is 12.4 Å². The summed E-state index contributed by atoms with van der Waals surface area (Å²) in [6, 6.07) is 6.15. The van der Waals surface area contributed by atoms with Crippen molar-refractivity contribution in [3.05, 3.63) is 23.8 Å². The zero-order chi connectivity index (χ0) is 16.9. The Labute approximate surface area is 155 Å². The molecule has 4 rings (SSSR count). The van der Waals surface area contributed by atoms with Crippen molar-refractivity contribution in [3.8, 4) is 11.5 Å². The number of halogens is 1. The first kappa shape index (κ1) is 18.3. The molecule has 25 heavy (non-hydrogen) atoms. The predicted octanol–water partition coefficient (Wildman–Crippen LogP) is 2.40. The van der Waals surface area contributed by atoms with Gasteiger partial charge in [0.2, 0.25) is 0 Å². The molecule has 0 spiro atoms. The molecule has 6 heteroatoms. The van der Waals surface area contributed by atoms with Crippen LogP contribution in [0.15, 0.2) is 18.2 Å². The normalized spacial score (nSPS) is 28.8. The van der Waals surface area contributed by atoms with E-state index in [9.17, 15) is 4.79 Å². The van der Waals surface area contributed by atoms with Crippen molar-refractivity contribution in [2.45, 2.75) is 44.8 Å². The standard InChI is InChI=1S/C19H26N2O3.ClH/c1-19(2)8-12-4-3-5-16(18(12)24-19)23-11-17(22)21-9-13-6-7-15(20)14(13)10-21;/h3-5,13-15H,6-11,20H2,1-2H3;1H. The third-order valence-corrected chi connectivity index (χ3v) is 5.67. The minimum Gasteiger partial charge on any atom is -0.483 e. The molecular formula is C19H27ClN2O3. The number of fused-ring (bicyclic) bond motifs is 2. The maximum atomic E-state index is 12.5. The molecule has 1 aromatic carbocycles. The number of rotatable bonds is 3. The summed E-state index contributed by atoms with van der Waals surface area (Å²) in [4.78, 5) is 14.4. The first-order chi connectivity index (χ1) is 11.4. The van der Waals surface area contributed by atoms with E-state index >= 15 is 0 Å². The van der Waals surface area contributed by atoms with E-state index in [1.165, 1.54) is 0 Å². The summed E-state index contributed by atoms with van der Waals surface area (Å²) in [6.45, 7) is 5.80. The number of hydrogen-bond donors (Lipinski definition) is 1. The van der Waals surface area contributed by atoms with Crippen LogP contribution in [0.25, 0.3) is 0 Å². The van der Waals surface area contributed by atoms with Gasteiger partial charge in [0.15, 0.2) is 18.1 Å². The third kappa shape index (κ3) is 3.44. The van der Waals surface area contributed by atoms with Gasteiger partial charge < -0.3 is 20.1 Å². The highest BCUT2D eigenvalue weighted by atomic mass is 35.5. The van der Waals surface area contributed by atoms with Crippen LogP contribution in [0.2, 0.25) is 0 Å². The molecule has 3 atom stereocenters. The molecule has 1 saturated heterocycles. The largest absolute Gasteiger partial charge is 0.483 e. The zero-order valence-electron chi connectivity index (χ0n) is 14.9. The van der Waals surface area contributed by atoms with Gasteiger partial charge in [0.05, 0.1) is 0 Å². The number of nitrogens with zero attached hydrogens (tertiary/aromatic N) is 1. The Morgan fingerprint density at radius 1 is 1.36 bits per heavy atom. The molecule has 0 aromatic heterocycles. The highest BCUT2D eigenvalue weighted by Gasteiger charge is 2.42. The fourth-order valence-corrected chi connectivity index (χ4v) is 4.44. The van der Waals surface area contributed by atoms with E-state index in [-0.39, 0.29) is 36.6 Å². The Morgan fingerprint density at radius 2 is 2.16 bits per heavy atom. The van der Waals surface area contributed by atoms with Crippen molar-refractivity contribution < 1.29 is 14.3 Å². The van der Waals surface area contributed by atoms with Crippen LogP contribution in [0.3, 0.4) is 0 Å². The molecule has 5 nitrogen and oxygen atoms in total. The van der Waals surface area contributed by atoms with Crippen molar-refractivity contribution in [1.82, 2.24) is 4.90 Å². The number of benzene rings is 1. The Hall–Kier alpha value is -1.46. The lowest BCUT2D eigenvalue weighted by molar-refractivity contribution is -0.132. The van der Waals surface area contributed by atoms with Crippen LogP contribution in [-0.4, -0.2) is 42.1 Å². The molecule has 2 heterocycles. The minimum atomic E-state index is -0.214. The third-order valence-electron chi connectivity index (χ3n) is 5.67. The molecule has 3 unspecified atom stereocenters. The molecule has 1 amide bonds. The van der Waals surface area contributed by atoms with Gasteiger partial charge in [0.25, 0.3) is 5.91 Å². The minimum absolute atomic E-state index is 0. The molecule has 0 radical (unpaired) electrons. The number of para-hydroxylation sites is 1. The number of hydrogen-bond acceptors (Lipinski definition) is 4. The van der Waals surface area contributed by atoms with Crippen LogP contribution in [-0.2, 0) is 11.2 Å². The van der Waals surface area contributed by atoms with Gasteiger partial charge in [-0.1, -0.05) is 12.1 Å². The summed E-state index contributed by atoms with van der Waals surface area (Å²) < 4.78 is 11.8. The molecule has 138 valence electrons. The van der Waals surface area contributed by atoms with Gasteiger partial charge in [-0.2, -0.15) is 0 Å². The van der Waals surface area contributed by atoms with E-state index < -0.39 is 0 Å². The lowest BCUT2D eigenvalue weighted by Gasteiger charge is -2.20. The first-order valence-corrected chi connectivity index (χ1v) is 8.90. The quantitative estimate of drug-likeness (QED) is 0.892. The second-order valence-corrected chi connectivity index (χ2v) is 8.04. The lowest BCUT2D eigenvalue weighted by atomic mass is 9.98. The summed E-state index contributed by atoms with van der Waals surface area (Å²) in [6.07, 6.45) is 3.10. The molecule has 2 fully saturated rings. The van der Waals surface area contributed by atoms with Crippen LogP contribution >= 0.6 is 12.4 Å². The topological polar surface area (TPSA) is 64.8 Å². The monoisotopic (exact) mass is 366 g/mol. The van der Waals surface area contributed by atoms with E-state index in [2.05, 4.69) is 19.9 Å². The number of likely N-dealkylation sites (tertiary alicyclic amines) is 1. The van der Waals surface area contributed by atoms with E-state index in [0.717, 1.165) is 43.7 Å². The van der Waals surface area contributed by atoms with E-state index in [1.807, 2.05) is 17.0 Å². The van der Waals surface area contributed by atoms with Crippen LogP contribution in [0, 0.1) is 11.8 Å². The second-order valence-electron chi connectivity index (χ2n) is 8.04. The number of carbonyl (C=O) groups is 1. The van der Waals surface area contributed by atoms with Crippen molar-refractivity contribution >= 4 is 18.3 Å². The molecule has 1 aliphatic carbocycles. The van der Waals surface area contributed by atoms with Gasteiger partial charge in [-0.25, -0.2) is 0 Å². The highest BCUT2D eigenvalue weighted by Crippen LogP contribution is 2.42. The Kier molecular flexibility index (Phi) is 4.91. The van der Waals surface area contributed by atoms with Crippen molar-refractivity contribution in [1.29, 1.82) is 0 Å². The van der Waals surface area contributed by atoms with Gasteiger partial charge in [-0.05, 0) is 44.6 Å². The maximum Gasteiger partial charge on any atom is 0.260 e. The van der Waals surface area contributed by atoms with Crippen LogP contribution in [0.4, 0.5) is 0 Å². The van der Waals surface area contributed by atoms with Gasteiger partial charge in [-0.3, -0.25) is 4.79 Å². The average Bonchev–Trinajstić information content (AvgIpc) is 3.18. The fraction of sp³-hybridized carbons (Fsp3) is 0.632. The average molecular weight is 367 g/mol. The molecular weight excluding hydrogens is 340 g/mol. The fourth-order valence-electron chi connectivity index (χ4n) is 4.44. The summed E-state index contributed by atoms with van der Waals surface area (Å²) in [7, 11) is 0. The van der Waals surface area contributed by atoms with E-state index in [1.54, 1.807) is 0 Å². The maximum absolute atomic E-state index is 12.5. The highest BCUT2D eigenvalue weighted by molar-refractivity contribution is 5.85. The first-order valence-electron chi connectivity index (χ1n) is 8.90. The van der Waals surface area contributed by atoms with Gasteiger partial charge in [0.1, 0.15) is 5.60 Å². The molecule has 2 aliphatic heterocycles. The summed E-state index contributed by atoms with van der Waals surface area (Å²) in [5, 5.41) is 0. The Bertz CT molecular complexity index is 664. The Morgan fingerprint density at radius 3 is 2.92 bits per heavy atom. The number of nitrogens with two attached hydrogens (primary N) is 1. The molecule has 0 bridgehead atoms. The number of ether oxygens (including phenoxy) is 2. The predicted molar refractivity (Wildman–Crippen MR) is 98.4 cm³/mol. The summed E-state index contributed by atoms with van der Waals surface area (Å²) >= 11 is 0. The molecule has 1 saturated carbocycles. The smallest absolute Gasteiger partial charge is 0.260 e. The zero-order valence-corrected chi connectivity index (χ0v) is 15.7. The van der Waals surface area contributed by atoms with Crippen LogP contribution < -0.4 is 15.2 Å². The van der Waals surface area contributed by atoms with E-state index in [0.29, 0.717) is 17.6 Å². The van der Waals surface area contributed by atoms with Crippen molar-refractivity contribution in [3.63, 3.8) is 0 Å². The van der Waals surface area contributed by atoms with Crippen molar-refractivity contribution in [2.75, 3.05) is 19.7 Å². The molecule has 3 aliphatic rings.